The molecule has 0 unspecified atom stereocenters. The Balaban J connectivity index is 0.00000242. The average Bonchev–Trinajstić information content (AvgIpc) is 3.03. The molecule has 0 saturated heterocycles. The van der Waals surface area contributed by atoms with Crippen LogP contribution >= 0.6 is 0 Å². The minimum absolute atomic E-state index is 0. The van der Waals surface area contributed by atoms with Crippen LogP contribution in [0.1, 0.15) is 22.8 Å². The molecule has 0 spiro atoms. The predicted octanol–water partition coefficient (Wildman–Crippen LogP) is 5.85. The van der Waals surface area contributed by atoms with E-state index in [1.54, 1.807) is 0 Å². The molecule has 6 nitrogen and oxygen atoms in total. The van der Waals surface area contributed by atoms with Crippen molar-refractivity contribution >= 4 is 11.4 Å². The van der Waals surface area contributed by atoms with E-state index >= 15 is 0 Å². The number of aromatic nitrogens is 4. The SMILES string of the molecule is [Cu+].[Cu+].c1ccc(CCN(CCc2ccccn2)c2cccc(N(CCc3ccccn3)CCc3ccccn3)c2)nc1. The summed E-state index contributed by atoms with van der Waals surface area (Å²) in [6.45, 7) is 3.54. The summed E-state index contributed by atoms with van der Waals surface area (Å²) in [6, 6.07) is 33.4. The molecule has 222 valence electrons. The van der Waals surface area contributed by atoms with Crippen molar-refractivity contribution < 1.29 is 34.1 Å². The van der Waals surface area contributed by atoms with Gasteiger partial charge in [-0.25, -0.2) is 0 Å². The Morgan fingerprint density at radius 3 is 0.952 bits per heavy atom. The number of hydrogen-bond acceptors (Lipinski definition) is 6. The van der Waals surface area contributed by atoms with Gasteiger partial charge in [0.15, 0.2) is 0 Å². The molecular formula is C34H36Cu2N6+2. The fraction of sp³-hybridized carbons (Fsp3) is 0.235. The molecular weight excluding hydrogens is 620 g/mol. The molecule has 0 aliphatic carbocycles. The molecule has 0 aliphatic rings. The van der Waals surface area contributed by atoms with Gasteiger partial charge < -0.3 is 9.80 Å². The van der Waals surface area contributed by atoms with Crippen molar-refractivity contribution in [3.8, 4) is 0 Å². The summed E-state index contributed by atoms with van der Waals surface area (Å²) < 4.78 is 0. The Kier molecular flexibility index (Phi) is 14.2. The van der Waals surface area contributed by atoms with Gasteiger partial charge in [0.2, 0.25) is 0 Å². The number of benzene rings is 1. The van der Waals surface area contributed by atoms with Gasteiger partial charge in [-0.15, -0.1) is 0 Å². The monoisotopic (exact) mass is 654 g/mol. The van der Waals surface area contributed by atoms with E-state index in [4.69, 9.17) is 0 Å². The number of rotatable bonds is 14. The summed E-state index contributed by atoms with van der Waals surface area (Å²) in [5.74, 6) is 0. The van der Waals surface area contributed by atoms with Gasteiger partial charge in [0.1, 0.15) is 0 Å². The molecule has 0 atom stereocenters. The first-order valence-corrected chi connectivity index (χ1v) is 14.0. The zero-order valence-electron chi connectivity index (χ0n) is 23.5. The molecule has 0 amide bonds. The Morgan fingerprint density at radius 1 is 0.381 bits per heavy atom. The van der Waals surface area contributed by atoms with E-state index in [1.807, 2.05) is 49.1 Å². The van der Waals surface area contributed by atoms with Gasteiger partial charge in [-0.2, -0.15) is 0 Å². The van der Waals surface area contributed by atoms with Gasteiger partial charge in [0.25, 0.3) is 0 Å². The first-order chi connectivity index (χ1) is 19.8. The third kappa shape index (κ3) is 10.4. The standard InChI is InChI=1S/C34H36N6.2Cu/c1-5-20-35-29(10-1)16-24-39(25-17-30-11-2-6-21-36-30)33-14-9-15-34(28-33)40(26-18-31-12-3-7-22-37-31)27-19-32-13-4-8-23-38-32;;/h1-15,20-23,28H,16-19,24-27H2;;/q;2*+1. The van der Waals surface area contributed by atoms with Gasteiger partial charge >= 0.3 is 34.1 Å². The molecule has 5 aromatic rings. The molecule has 5 rings (SSSR count). The summed E-state index contributed by atoms with van der Waals surface area (Å²) in [4.78, 5) is 23.1. The molecule has 42 heavy (non-hydrogen) atoms. The maximum atomic E-state index is 4.56. The third-order valence-electron chi connectivity index (χ3n) is 7.02. The minimum Gasteiger partial charge on any atom is -0.371 e. The fourth-order valence-electron chi connectivity index (χ4n) is 4.81. The summed E-state index contributed by atoms with van der Waals surface area (Å²) in [5.41, 5.74) is 6.85. The van der Waals surface area contributed by atoms with Gasteiger partial charge in [-0.3, -0.25) is 19.9 Å². The van der Waals surface area contributed by atoms with E-state index in [-0.39, 0.29) is 34.1 Å². The van der Waals surface area contributed by atoms with Gasteiger partial charge in [-0.05, 0) is 66.7 Å². The number of hydrogen-bond donors (Lipinski definition) is 0. The van der Waals surface area contributed by atoms with Gasteiger partial charge in [0.05, 0.1) is 0 Å². The van der Waals surface area contributed by atoms with E-state index < -0.39 is 0 Å². The van der Waals surface area contributed by atoms with Crippen LogP contribution in [0.15, 0.2) is 122 Å². The topological polar surface area (TPSA) is 58.0 Å². The van der Waals surface area contributed by atoms with Crippen molar-refractivity contribution in [3.05, 3.63) is 145 Å². The van der Waals surface area contributed by atoms with Crippen LogP contribution in [0.5, 0.6) is 0 Å². The van der Waals surface area contributed by atoms with E-state index in [0.29, 0.717) is 0 Å². The Bertz CT molecular complexity index is 1220. The summed E-state index contributed by atoms with van der Waals surface area (Å²) in [6.07, 6.45) is 11.0. The minimum atomic E-state index is 0. The second-order valence-electron chi connectivity index (χ2n) is 9.78. The van der Waals surface area contributed by atoms with Crippen molar-refractivity contribution in [2.45, 2.75) is 25.7 Å². The smallest absolute Gasteiger partial charge is 0.371 e. The second-order valence-corrected chi connectivity index (χ2v) is 9.78. The van der Waals surface area contributed by atoms with Crippen LogP contribution in [0.3, 0.4) is 0 Å². The van der Waals surface area contributed by atoms with E-state index in [1.165, 1.54) is 11.4 Å². The molecule has 0 aliphatic heterocycles. The Labute approximate surface area is 270 Å². The number of nitrogens with zero attached hydrogens (tertiary/aromatic N) is 6. The first-order valence-electron chi connectivity index (χ1n) is 14.0. The molecule has 0 saturated carbocycles. The summed E-state index contributed by atoms with van der Waals surface area (Å²) in [7, 11) is 0. The molecule has 0 fully saturated rings. The van der Waals surface area contributed by atoms with Crippen molar-refractivity contribution in [3.63, 3.8) is 0 Å². The molecule has 1 aromatic carbocycles. The molecule has 4 heterocycles. The van der Waals surface area contributed by atoms with Crippen LogP contribution in [-0.4, -0.2) is 46.1 Å². The molecule has 0 bridgehead atoms. The van der Waals surface area contributed by atoms with Crippen molar-refractivity contribution in [2.75, 3.05) is 36.0 Å². The summed E-state index contributed by atoms with van der Waals surface area (Å²) >= 11 is 0. The average molecular weight is 656 g/mol. The Hall–Kier alpha value is -3.54. The largest absolute Gasteiger partial charge is 1.00 e. The maximum absolute atomic E-state index is 4.56. The number of anilines is 2. The predicted molar refractivity (Wildman–Crippen MR) is 163 cm³/mol. The van der Waals surface area contributed by atoms with Crippen LogP contribution in [-0.2, 0) is 59.8 Å². The van der Waals surface area contributed by atoms with Crippen molar-refractivity contribution in [1.29, 1.82) is 0 Å². The van der Waals surface area contributed by atoms with Crippen molar-refractivity contribution in [2.24, 2.45) is 0 Å². The third-order valence-corrected chi connectivity index (χ3v) is 7.02. The first kappa shape index (κ1) is 33.0. The van der Waals surface area contributed by atoms with Crippen molar-refractivity contribution in [1.82, 2.24) is 19.9 Å². The van der Waals surface area contributed by atoms with Crippen LogP contribution in [0.25, 0.3) is 0 Å². The van der Waals surface area contributed by atoms with E-state index in [0.717, 1.165) is 74.6 Å². The molecule has 0 N–H and O–H groups in total. The molecule has 8 heteroatoms. The van der Waals surface area contributed by atoms with Crippen LogP contribution < -0.4 is 9.80 Å². The zero-order chi connectivity index (χ0) is 27.2. The maximum Gasteiger partial charge on any atom is 1.00 e. The summed E-state index contributed by atoms with van der Waals surface area (Å²) in [5, 5.41) is 0. The normalized spacial score (nSPS) is 10.3. The molecule has 4 aromatic heterocycles. The zero-order valence-corrected chi connectivity index (χ0v) is 25.4. The quantitative estimate of drug-likeness (QED) is 0.140. The Morgan fingerprint density at radius 2 is 0.690 bits per heavy atom. The van der Waals surface area contributed by atoms with Crippen LogP contribution in [0.4, 0.5) is 11.4 Å². The molecule has 0 radical (unpaired) electrons. The fourth-order valence-corrected chi connectivity index (χ4v) is 4.81. The van der Waals surface area contributed by atoms with Gasteiger partial charge in [0, 0.05) is 111 Å². The second kappa shape index (κ2) is 18.1. The van der Waals surface area contributed by atoms with E-state index in [2.05, 4.69) is 103 Å². The number of pyridine rings is 4. The van der Waals surface area contributed by atoms with Gasteiger partial charge in [-0.1, -0.05) is 30.3 Å². The van der Waals surface area contributed by atoms with Crippen LogP contribution in [0.2, 0.25) is 0 Å². The van der Waals surface area contributed by atoms with Crippen LogP contribution in [0, 0.1) is 0 Å². The van der Waals surface area contributed by atoms with E-state index in [9.17, 15) is 0 Å².